The molecule has 108 valence electrons. The van der Waals surface area contributed by atoms with Crippen molar-refractivity contribution in [3.63, 3.8) is 0 Å². The first-order valence-corrected chi connectivity index (χ1v) is 7.28. The molecule has 1 heterocycles. The van der Waals surface area contributed by atoms with Crippen LogP contribution in [-0.2, 0) is 14.3 Å². The molecule has 0 atom stereocenters. The zero-order chi connectivity index (χ0) is 13.7. The third-order valence-corrected chi connectivity index (χ3v) is 4.30. The Kier molecular flexibility index (Phi) is 4.80. The monoisotopic (exact) mass is 268 g/mol. The Morgan fingerprint density at radius 2 is 1.95 bits per heavy atom. The maximum absolute atomic E-state index is 12.3. The van der Waals surface area contributed by atoms with Crippen molar-refractivity contribution < 1.29 is 14.3 Å². The van der Waals surface area contributed by atoms with Gasteiger partial charge >= 0.3 is 0 Å². The highest BCUT2D eigenvalue weighted by atomic mass is 16.5. The zero-order valence-corrected chi connectivity index (χ0v) is 11.7. The third kappa shape index (κ3) is 2.91. The summed E-state index contributed by atoms with van der Waals surface area (Å²) >= 11 is 0. The molecule has 1 saturated heterocycles. The number of carbonyl (C=O) groups excluding carboxylic acids is 2. The van der Waals surface area contributed by atoms with E-state index >= 15 is 0 Å². The summed E-state index contributed by atoms with van der Waals surface area (Å²) < 4.78 is 5.03. The van der Waals surface area contributed by atoms with E-state index in [4.69, 9.17) is 4.74 Å². The molecule has 2 rings (SSSR count). The maximum atomic E-state index is 12.3. The predicted octanol–water partition coefficient (Wildman–Crippen LogP) is 1.07. The first-order valence-electron chi connectivity index (χ1n) is 7.28. The first-order chi connectivity index (χ1) is 9.20. The lowest BCUT2D eigenvalue weighted by Crippen LogP contribution is -2.67. The molecule has 2 amide bonds. The van der Waals surface area contributed by atoms with Gasteiger partial charge < -0.3 is 15.0 Å². The standard InChI is InChI=1S/C14H24N2O3/c1-19-10-6-5-9-16-12(17)11-15-13(18)14(16)7-3-2-4-8-14/h2-11H2,1H3,(H,15,18). The van der Waals surface area contributed by atoms with Gasteiger partial charge in [0.2, 0.25) is 11.8 Å². The Morgan fingerprint density at radius 1 is 1.21 bits per heavy atom. The van der Waals surface area contributed by atoms with E-state index in [1.54, 1.807) is 7.11 Å². The molecule has 1 aliphatic heterocycles. The van der Waals surface area contributed by atoms with Gasteiger partial charge in [0.25, 0.3) is 0 Å². The quantitative estimate of drug-likeness (QED) is 0.759. The van der Waals surface area contributed by atoms with Gasteiger partial charge in [-0.05, 0) is 25.7 Å². The first kappa shape index (κ1) is 14.3. The molecular formula is C14H24N2O3. The van der Waals surface area contributed by atoms with Crippen molar-refractivity contribution in [2.24, 2.45) is 0 Å². The number of piperazine rings is 1. The van der Waals surface area contributed by atoms with Crippen LogP contribution in [0.15, 0.2) is 0 Å². The van der Waals surface area contributed by atoms with Crippen LogP contribution < -0.4 is 5.32 Å². The number of methoxy groups -OCH3 is 1. The number of rotatable bonds is 5. The van der Waals surface area contributed by atoms with Gasteiger partial charge in [-0.1, -0.05) is 19.3 Å². The topological polar surface area (TPSA) is 58.6 Å². The number of hydrogen-bond donors (Lipinski definition) is 1. The van der Waals surface area contributed by atoms with E-state index in [2.05, 4.69) is 5.32 Å². The van der Waals surface area contributed by atoms with Gasteiger partial charge in [0.1, 0.15) is 5.54 Å². The molecule has 2 aliphatic rings. The molecule has 0 bridgehead atoms. The number of ether oxygens (including phenoxy) is 1. The minimum atomic E-state index is -0.555. The average molecular weight is 268 g/mol. The number of hydrogen-bond acceptors (Lipinski definition) is 3. The van der Waals surface area contributed by atoms with E-state index in [9.17, 15) is 9.59 Å². The van der Waals surface area contributed by atoms with Crippen LogP contribution in [0.1, 0.15) is 44.9 Å². The van der Waals surface area contributed by atoms with Gasteiger partial charge in [0.15, 0.2) is 0 Å². The summed E-state index contributed by atoms with van der Waals surface area (Å²) in [7, 11) is 1.68. The van der Waals surface area contributed by atoms with E-state index in [0.29, 0.717) is 13.2 Å². The summed E-state index contributed by atoms with van der Waals surface area (Å²) in [6, 6.07) is 0. The molecule has 1 spiro atoms. The minimum Gasteiger partial charge on any atom is -0.385 e. The summed E-state index contributed by atoms with van der Waals surface area (Å²) in [5, 5.41) is 2.77. The molecular weight excluding hydrogens is 244 g/mol. The molecule has 0 aromatic rings. The fraction of sp³-hybridized carbons (Fsp3) is 0.857. The van der Waals surface area contributed by atoms with Crippen LogP contribution in [0.2, 0.25) is 0 Å². The van der Waals surface area contributed by atoms with Crippen molar-refractivity contribution in [2.75, 3.05) is 26.8 Å². The van der Waals surface area contributed by atoms with Crippen LogP contribution in [0, 0.1) is 0 Å². The molecule has 2 fully saturated rings. The van der Waals surface area contributed by atoms with Crippen LogP contribution in [-0.4, -0.2) is 49.1 Å². The van der Waals surface area contributed by atoms with Crippen molar-refractivity contribution in [2.45, 2.75) is 50.5 Å². The molecule has 1 saturated carbocycles. The summed E-state index contributed by atoms with van der Waals surface area (Å²) in [4.78, 5) is 26.3. The molecule has 5 nitrogen and oxygen atoms in total. The van der Waals surface area contributed by atoms with Crippen molar-refractivity contribution in [3.05, 3.63) is 0 Å². The van der Waals surface area contributed by atoms with E-state index < -0.39 is 5.54 Å². The van der Waals surface area contributed by atoms with E-state index in [1.807, 2.05) is 4.90 Å². The largest absolute Gasteiger partial charge is 0.385 e. The SMILES string of the molecule is COCCCCN1C(=O)CNC(=O)C12CCCCC2. The lowest BCUT2D eigenvalue weighted by molar-refractivity contribution is -0.156. The number of nitrogens with one attached hydrogen (secondary N) is 1. The molecule has 0 aromatic heterocycles. The summed E-state index contributed by atoms with van der Waals surface area (Å²) in [5.74, 6) is 0.123. The van der Waals surface area contributed by atoms with E-state index in [-0.39, 0.29) is 18.4 Å². The summed E-state index contributed by atoms with van der Waals surface area (Å²) in [6.45, 7) is 1.54. The van der Waals surface area contributed by atoms with Gasteiger partial charge in [0.05, 0.1) is 6.54 Å². The van der Waals surface area contributed by atoms with Gasteiger partial charge in [0, 0.05) is 20.3 Å². The van der Waals surface area contributed by atoms with E-state index in [0.717, 1.165) is 38.5 Å². The summed E-state index contributed by atoms with van der Waals surface area (Å²) in [6.07, 6.45) is 6.70. The van der Waals surface area contributed by atoms with Crippen LogP contribution in [0.4, 0.5) is 0 Å². The molecule has 5 heteroatoms. The van der Waals surface area contributed by atoms with E-state index in [1.165, 1.54) is 6.42 Å². The Morgan fingerprint density at radius 3 is 2.63 bits per heavy atom. The fourth-order valence-corrected chi connectivity index (χ4v) is 3.27. The van der Waals surface area contributed by atoms with Gasteiger partial charge in [-0.3, -0.25) is 9.59 Å². The third-order valence-electron chi connectivity index (χ3n) is 4.30. The minimum absolute atomic E-state index is 0.0542. The Hall–Kier alpha value is -1.10. The Balaban J connectivity index is 2.05. The van der Waals surface area contributed by atoms with Crippen LogP contribution in [0.3, 0.4) is 0 Å². The Bertz CT molecular complexity index is 338. The lowest BCUT2D eigenvalue weighted by Gasteiger charge is -2.48. The summed E-state index contributed by atoms with van der Waals surface area (Å²) in [5.41, 5.74) is -0.555. The molecule has 0 radical (unpaired) electrons. The molecule has 0 aromatic carbocycles. The lowest BCUT2D eigenvalue weighted by atomic mass is 9.78. The van der Waals surface area contributed by atoms with Gasteiger partial charge in [-0.25, -0.2) is 0 Å². The number of nitrogens with zero attached hydrogens (tertiary/aromatic N) is 1. The fourth-order valence-electron chi connectivity index (χ4n) is 3.27. The second-order valence-corrected chi connectivity index (χ2v) is 5.52. The highest BCUT2D eigenvalue weighted by Crippen LogP contribution is 2.35. The molecule has 0 unspecified atom stereocenters. The number of carbonyl (C=O) groups is 2. The highest BCUT2D eigenvalue weighted by molar-refractivity contribution is 5.98. The molecule has 1 aliphatic carbocycles. The number of amides is 2. The van der Waals surface area contributed by atoms with Gasteiger partial charge in [-0.2, -0.15) is 0 Å². The highest BCUT2D eigenvalue weighted by Gasteiger charge is 2.49. The van der Waals surface area contributed by atoms with Crippen LogP contribution >= 0.6 is 0 Å². The second-order valence-electron chi connectivity index (χ2n) is 5.52. The number of unbranched alkanes of at least 4 members (excludes halogenated alkanes) is 1. The normalized spacial score (nSPS) is 22.7. The van der Waals surface area contributed by atoms with Crippen LogP contribution in [0.5, 0.6) is 0 Å². The zero-order valence-electron chi connectivity index (χ0n) is 11.7. The smallest absolute Gasteiger partial charge is 0.246 e. The van der Waals surface area contributed by atoms with Crippen molar-refractivity contribution in [1.82, 2.24) is 10.2 Å². The maximum Gasteiger partial charge on any atom is 0.246 e. The van der Waals surface area contributed by atoms with Crippen molar-refractivity contribution >= 4 is 11.8 Å². The second kappa shape index (κ2) is 6.37. The average Bonchev–Trinajstić information content (AvgIpc) is 2.44. The molecule has 1 N–H and O–H groups in total. The van der Waals surface area contributed by atoms with Crippen LogP contribution in [0.25, 0.3) is 0 Å². The Labute approximate surface area is 114 Å². The van der Waals surface area contributed by atoms with Gasteiger partial charge in [-0.15, -0.1) is 0 Å². The van der Waals surface area contributed by atoms with Crippen molar-refractivity contribution in [3.8, 4) is 0 Å². The predicted molar refractivity (Wildman–Crippen MR) is 71.6 cm³/mol. The van der Waals surface area contributed by atoms with Crippen molar-refractivity contribution in [1.29, 1.82) is 0 Å². The molecule has 19 heavy (non-hydrogen) atoms.